The van der Waals surface area contributed by atoms with Gasteiger partial charge in [0.2, 0.25) is 5.91 Å². The first-order chi connectivity index (χ1) is 8.99. The summed E-state index contributed by atoms with van der Waals surface area (Å²) in [4.78, 5) is 11.8. The van der Waals surface area contributed by atoms with Gasteiger partial charge in [0, 0.05) is 12.5 Å². The normalized spacial score (nSPS) is 12.4. The molecule has 0 bridgehead atoms. The fourth-order valence-corrected chi connectivity index (χ4v) is 1.97. The van der Waals surface area contributed by atoms with Crippen molar-refractivity contribution in [3.05, 3.63) is 29.8 Å². The van der Waals surface area contributed by atoms with E-state index < -0.39 is 0 Å². The van der Waals surface area contributed by atoms with Gasteiger partial charge in [-0.25, -0.2) is 0 Å². The molecule has 3 heteroatoms. The molecule has 1 aromatic carbocycles. The Kier molecular flexibility index (Phi) is 6.40. The van der Waals surface area contributed by atoms with E-state index in [0.29, 0.717) is 18.8 Å². The van der Waals surface area contributed by atoms with Gasteiger partial charge in [-0.1, -0.05) is 32.0 Å². The molecule has 0 heterocycles. The number of carbonyl (C=O) groups is 1. The second kappa shape index (κ2) is 7.82. The molecule has 0 saturated carbocycles. The van der Waals surface area contributed by atoms with Crippen LogP contribution in [0.1, 0.15) is 45.6 Å². The summed E-state index contributed by atoms with van der Waals surface area (Å²) in [6, 6.07) is 7.38. The lowest BCUT2D eigenvalue weighted by atomic mass is 10.0. The average Bonchev–Trinajstić information content (AvgIpc) is 2.35. The van der Waals surface area contributed by atoms with E-state index >= 15 is 0 Å². The summed E-state index contributed by atoms with van der Waals surface area (Å²) in [5.74, 6) is 0.989. The van der Waals surface area contributed by atoms with E-state index in [1.165, 1.54) is 0 Å². The molecule has 0 fully saturated rings. The first-order valence-corrected chi connectivity index (χ1v) is 7.05. The zero-order valence-electron chi connectivity index (χ0n) is 12.1. The second-order valence-corrected chi connectivity index (χ2v) is 5.57. The number of para-hydroxylation sites is 1. The lowest BCUT2D eigenvalue weighted by Gasteiger charge is -2.15. The van der Waals surface area contributed by atoms with Crippen molar-refractivity contribution in [2.24, 2.45) is 5.92 Å². The highest BCUT2D eigenvalue weighted by molar-refractivity contribution is 5.76. The van der Waals surface area contributed by atoms with Crippen LogP contribution in [-0.2, 0) is 11.2 Å². The molecule has 2 N–H and O–H groups in total. The van der Waals surface area contributed by atoms with Gasteiger partial charge in [-0.3, -0.25) is 4.79 Å². The van der Waals surface area contributed by atoms with Crippen LogP contribution in [-0.4, -0.2) is 17.1 Å². The van der Waals surface area contributed by atoms with E-state index in [4.69, 9.17) is 0 Å². The van der Waals surface area contributed by atoms with Crippen molar-refractivity contribution in [1.29, 1.82) is 0 Å². The van der Waals surface area contributed by atoms with E-state index in [-0.39, 0.29) is 17.7 Å². The van der Waals surface area contributed by atoms with Gasteiger partial charge < -0.3 is 10.4 Å². The molecule has 1 aromatic rings. The number of hydrogen-bond donors (Lipinski definition) is 2. The van der Waals surface area contributed by atoms with Gasteiger partial charge in [0.1, 0.15) is 5.75 Å². The number of amides is 1. The molecule has 0 spiro atoms. The summed E-state index contributed by atoms with van der Waals surface area (Å²) in [5, 5.41) is 12.6. The quantitative estimate of drug-likeness (QED) is 0.793. The summed E-state index contributed by atoms with van der Waals surface area (Å²) in [7, 11) is 0. The summed E-state index contributed by atoms with van der Waals surface area (Å²) in [6.07, 6.45) is 3.14. The van der Waals surface area contributed by atoms with E-state index in [0.717, 1.165) is 18.4 Å². The van der Waals surface area contributed by atoms with Gasteiger partial charge in [-0.2, -0.15) is 0 Å². The fraction of sp³-hybridized carbons (Fsp3) is 0.562. The van der Waals surface area contributed by atoms with Gasteiger partial charge in [0.25, 0.3) is 0 Å². The molecule has 1 atom stereocenters. The minimum atomic E-state index is 0.0551. The molecular formula is C16H25NO2. The second-order valence-electron chi connectivity index (χ2n) is 5.57. The van der Waals surface area contributed by atoms with Crippen LogP contribution in [0.2, 0.25) is 0 Å². The predicted molar refractivity (Wildman–Crippen MR) is 78.1 cm³/mol. The zero-order chi connectivity index (χ0) is 14.3. The third-order valence-corrected chi connectivity index (χ3v) is 3.20. The maximum absolute atomic E-state index is 11.8. The number of nitrogens with one attached hydrogen (secondary N) is 1. The number of hydrogen-bond acceptors (Lipinski definition) is 2. The van der Waals surface area contributed by atoms with Crippen molar-refractivity contribution in [2.45, 2.75) is 52.5 Å². The minimum absolute atomic E-state index is 0.0551. The largest absolute Gasteiger partial charge is 0.508 e. The molecule has 106 valence electrons. The fourth-order valence-electron chi connectivity index (χ4n) is 1.97. The highest BCUT2D eigenvalue weighted by atomic mass is 16.3. The Labute approximate surface area is 116 Å². The first kappa shape index (κ1) is 15.5. The van der Waals surface area contributed by atoms with Crippen molar-refractivity contribution in [3.63, 3.8) is 0 Å². The van der Waals surface area contributed by atoms with Gasteiger partial charge >= 0.3 is 0 Å². The topological polar surface area (TPSA) is 49.3 Å². The molecule has 0 aliphatic heterocycles. The predicted octanol–water partition coefficient (Wildman–Crippen LogP) is 3.27. The Morgan fingerprint density at radius 3 is 2.53 bits per heavy atom. The lowest BCUT2D eigenvalue weighted by Crippen LogP contribution is -2.32. The van der Waals surface area contributed by atoms with E-state index in [9.17, 15) is 9.90 Å². The van der Waals surface area contributed by atoms with E-state index in [1.54, 1.807) is 12.1 Å². The van der Waals surface area contributed by atoms with Crippen LogP contribution < -0.4 is 5.32 Å². The number of rotatable bonds is 7. The molecular weight excluding hydrogens is 238 g/mol. The molecule has 0 radical (unpaired) electrons. The number of phenols is 1. The standard InChI is InChI=1S/C16H25NO2/c1-12(2)8-9-13(3)17-16(19)11-10-14-6-4-5-7-15(14)18/h4-7,12-13,18H,8-11H2,1-3H3,(H,17,19). The van der Waals surface area contributed by atoms with Crippen molar-refractivity contribution < 1.29 is 9.90 Å². The maximum Gasteiger partial charge on any atom is 0.220 e. The molecule has 0 aromatic heterocycles. The van der Waals surface area contributed by atoms with Crippen LogP contribution in [0.3, 0.4) is 0 Å². The number of aryl methyl sites for hydroxylation is 1. The lowest BCUT2D eigenvalue weighted by molar-refractivity contribution is -0.121. The van der Waals surface area contributed by atoms with Crippen LogP contribution in [0.5, 0.6) is 5.75 Å². The summed E-state index contributed by atoms with van der Waals surface area (Å²) in [5.41, 5.74) is 0.826. The minimum Gasteiger partial charge on any atom is -0.508 e. The molecule has 1 rings (SSSR count). The van der Waals surface area contributed by atoms with Gasteiger partial charge in [-0.15, -0.1) is 0 Å². The Hall–Kier alpha value is -1.51. The monoisotopic (exact) mass is 263 g/mol. The summed E-state index contributed by atoms with van der Waals surface area (Å²) in [6.45, 7) is 6.42. The molecule has 1 amide bonds. The third kappa shape index (κ3) is 6.27. The Morgan fingerprint density at radius 1 is 1.21 bits per heavy atom. The van der Waals surface area contributed by atoms with Crippen LogP contribution in [0.4, 0.5) is 0 Å². The molecule has 0 aliphatic rings. The molecule has 0 aliphatic carbocycles. The third-order valence-electron chi connectivity index (χ3n) is 3.20. The summed E-state index contributed by atoms with van der Waals surface area (Å²) < 4.78 is 0. The van der Waals surface area contributed by atoms with Crippen molar-refractivity contribution in [1.82, 2.24) is 5.32 Å². The Morgan fingerprint density at radius 2 is 1.89 bits per heavy atom. The van der Waals surface area contributed by atoms with Crippen LogP contribution in [0, 0.1) is 5.92 Å². The Balaban J connectivity index is 2.30. The Bertz CT molecular complexity index is 401. The van der Waals surface area contributed by atoms with Crippen molar-refractivity contribution >= 4 is 5.91 Å². The number of aromatic hydroxyl groups is 1. The number of benzene rings is 1. The molecule has 19 heavy (non-hydrogen) atoms. The first-order valence-electron chi connectivity index (χ1n) is 7.05. The van der Waals surface area contributed by atoms with Crippen molar-refractivity contribution in [3.8, 4) is 5.75 Å². The average molecular weight is 263 g/mol. The number of phenolic OH excluding ortho intramolecular Hbond substituents is 1. The van der Waals surface area contributed by atoms with E-state index in [1.807, 2.05) is 19.1 Å². The molecule has 0 saturated heterocycles. The van der Waals surface area contributed by atoms with E-state index in [2.05, 4.69) is 19.2 Å². The highest BCUT2D eigenvalue weighted by Crippen LogP contribution is 2.17. The number of carbonyl (C=O) groups excluding carboxylic acids is 1. The van der Waals surface area contributed by atoms with Crippen LogP contribution in [0.25, 0.3) is 0 Å². The molecule has 1 unspecified atom stereocenters. The summed E-state index contributed by atoms with van der Waals surface area (Å²) >= 11 is 0. The van der Waals surface area contributed by atoms with Gasteiger partial charge in [-0.05, 0) is 43.7 Å². The molecule has 3 nitrogen and oxygen atoms in total. The SMILES string of the molecule is CC(C)CCC(C)NC(=O)CCc1ccccc1O. The van der Waals surface area contributed by atoms with Crippen molar-refractivity contribution in [2.75, 3.05) is 0 Å². The zero-order valence-corrected chi connectivity index (χ0v) is 12.1. The smallest absolute Gasteiger partial charge is 0.220 e. The highest BCUT2D eigenvalue weighted by Gasteiger charge is 2.09. The van der Waals surface area contributed by atoms with Crippen LogP contribution in [0.15, 0.2) is 24.3 Å². The van der Waals surface area contributed by atoms with Gasteiger partial charge in [0.15, 0.2) is 0 Å². The van der Waals surface area contributed by atoms with Crippen LogP contribution >= 0.6 is 0 Å². The van der Waals surface area contributed by atoms with Gasteiger partial charge in [0.05, 0.1) is 0 Å². The maximum atomic E-state index is 11.8.